The molecule has 1 aromatic carbocycles. The van der Waals surface area contributed by atoms with Gasteiger partial charge in [0.25, 0.3) is 0 Å². The Morgan fingerprint density at radius 3 is 2.80 bits per heavy atom. The number of benzene rings is 1. The van der Waals surface area contributed by atoms with E-state index in [1.807, 2.05) is 41.0 Å². The molecule has 20 heavy (non-hydrogen) atoms. The average molecular weight is 261 g/mol. The molecule has 5 nitrogen and oxygen atoms in total. The quantitative estimate of drug-likeness (QED) is 0.673. The lowest BCUT2D eigenvalue weighted by Crippen LogP contribution is -2.08. The second-order valence-corrected chi connectivity index (χ2v) is 4.51. The van der Waals surface area contributed by atoms with Crippen LogP contribution in [0.2, 0.25) is 0 Å². The fourth-order valence-electron chi connectivity index (χ4n) is 2.41. The zero-order chi connectivity index (χ0) is 13.4. The number of rotatable bonds is 1. The molecule has 3 heterocycles. The van der Waals surface area contributed by atoms with Crippen LogP contribution >= 0.6 is 0 Å². The van der Waals surface area contributed by atoms with Gasteiger partial charge in [-0.3, -0.25) is 14.5 Å². The van der Waals surface area contributed by atoms with Crippen LogP contribution in [0.5, 0.6) is 0 Å². The van der Waals surface area contributed by atoms with E-state index in [2.05, 4.69) is 26.2 Å². The summed E-state index contributed by atoms with van der Waals surface area (Å²) >= 11 is 0. The molecule has 1 aliphatic rings. The molecule has 0 saturated carbocycles. The lowest BCUT2D eigenvalue weighted by molar-refractivity contribution is 0.870. The van der Waals surface area contributed by atoms with Gasteiger partial charge in [0.2, 0.25) is 0 Å². The first-order valence-corrected chi connectivity index (χ1v) is 6.38. The van der Waals surface area contributed by atoms with Gasteiger partial charge in [-0.2, -0.15) is 0 Å². The van der Waals surface area contributed by atoms with Gasteiger partial charge >= 0.3 is 0 Å². The summed E-state index contributed by atoms with van der Waals surface area (Å²) in [5.74, 6) is 0.836. The number of aliphatic imine (C=N–C) groups is 1. The Kier molecular flexibility index (Phi) is 2.42. The molecule has 0 amide bonds. The van der Waals surface area contributed by atoms with Crippen molar-refractivity contribution in [2.75, 3.05) is 0 Å². The minimum absolute atomic E-state index is 0.501. The van der Waals surface area contributed by atoms with Gasteiger partial charge in [-0.1, -0.05) is 24.3 Å². The molecule has 4 rings (SSSR count). The maximum Gasteiger partial charge on any atom is 0.159 e. The second-order valence-electron chi connectivity index (χ2n) is 4.51. The van der Waals surface area contributed by atoms with Crippen molar-refractivity contribution in [3.63, 3.8) is 0 Å². The van der Waals surface area contributed by atoms with Gasteiger partial charge in [-0.05, 0) is 18.2 Å². The molecule has 1 aliphatic heterocycles. The van der Waals surface area contributed by atoms with Gasteiger partial charge < -0.3 is 0 Å². The Morgan fingerprint density at radius 2 is 1.90 bits per heavy atom. The maximum atomic E-state index is 4.68. The zero-order valence-corrected chi connectivity index (χ0v) is 10.6. The van der Waals surface area contributed by atoms with Crippen molar-refractivity contribution in [1.29, 1.82) is 0 Å². The van der Waals surface area contributed by atoms with Gasteiger partial charge in [-0.25, -0.2) is 0 Å². The summed E-state index contributed by atoms with van der Waals surface area (Å²) in [5.41, 5.74) is 3.85. The first-order valence-electron chi connectivity index (χ1n) is 6.38. The van der Waals surface area contributed by atoms with Crippen molar-refractivity contribution in [3.8, 4) is 5.69 Å². The SMILES string of the molecule is c1ccc(C2=NCc3nncn3-c3ccccc32)nc1. The molecule has 0 N–H and O–H groups in total. The third-order valence-corrected chi connectivity index (χ3v) is 3.32. The Balaban J connectivity index is 1.98. The lowest BCUT2D eigenvalue weighted by atomic mass is 10.0. The number of pyridine rings is 1. The maximum absolute atomic E-state index is 4.68. The molecule has 3 aromatic rings. The first kappa shape index (κ1) is 11.0. The topological polar surface area (TPSA) is 56.0 Å². The van der Waals surface area contributed by atoms with Gasteiger partial charge in [0, 0.05) is 11.8 Å². The molecule has 0 radical (unpaired) electrons. The Hall–Kier alpha value is -2.82. The second kappa shape index (κ2) is 4.38. The number of hydrogen-bond donors (Lipinski definition) is 0. The highest BCUT2D eigenvalue weighted by Gasteiger charge is 2.19. The Labute approximate surface area is 115 Å². The summed E-state index contributed by atoms with van der Waals surface area (Å²) in [6.07, 6.45) is 3.51. The van der Waals surface area contributed by atoms with Crippen LogP contribution in [0.1, 0.15) is 17.1 Å². The van der Waals surface area contributed by atoms with Crippen molar-refractivity contribution in [1.82, 2.24) is 19.7 Å². The lowest BCUT2D eigenvalue weighted by Gasteiger charge is -2.09. The molecule has 0 saturated heterocycles. The van der Waals surface area contributed by atoms with Crippen molar-refractivity contribution in [3.05, 3.63) is 72.1 Å². The van der Waals surface area contributed by atoms with E-state index in [0.717, 1.165) is 28.5 Å². The predicted molar refractivity (Wildman–Crippen MR) is 74.9 cm³/mol. The molecule has 5 heteroatoms. The van der Waals surface area contributed by atoms with E-state index in [4.69, 9.17) is 0 Å². The van der Waals surface area contributed by atoms with Gasteiger partial charge in [0.1, 0.15) is 12.9 Å². The third kappa shape index (κ3) is 1.64. The van der Waals surface area contributed by atoms with Crippen LogP contribution in [-0.4, -0.2) is 25.5 Å². The molecule has 0 aliphatic carbocycles. The first-order chi connectivity index (χ1) is 9.93. The predicted octanol–water partition coefficient (Wildman–Crippen LogP) is 2.01. The minimum Gasteiger partial charge on any atom is -0.283 e. The van der Waals surface area contributed by atoms with E-state index < -0.39 is 0 Å². The van der Waals surface area contributed by atoms with Gasteiger partial charge in [0.15, 0.2) is 5.82 Å². The fourth-order valence-corrected chi connectivity index (χ4v) is 2.41. The van der Waals surface area contributed by atoms with E-state index in [0.29, 0.717) is 6.54 Å². The molecule has 0 spiro atoms. The largest absolute Gasteiger partial charge is 0.283 e. The van der Waals surface area contributed by atoms with Gasteiger partial charge in [-0.15, -0.1) is 10.2 Å². The standard InChI is InChI=1S/C15H11N5/c1-2-7-13-11(5-1)15(12-6-3-4-8-16-12)17-9-14-19-18-10-20(13)14/h1-8,10H,9H2. The zero-order valence-electron chi connectivity index (χ0n) is 10.6. The monoisotopic (exact) mass is 261 g/mol. The van der Waals surface area contributed by atoms with E-state index in [9.17, 15) is 0 Å². The Morgan fingerprint density at radius 1 is 1.00 bits per heavy atom. The highest BCUT2D eigenvalue weighted by molar-refractivity contribution is 6.14. The van der Waals surface area contributed by atoms with Crippen LogP contribution in [0, 0.1) is 0 Å². The third-order valence-electron chi connectivity index (χ3n) is 3.32. The van der Waals surface area contributed by atoms with Crippen LogP contribution < -0.4 is 0 Å². The summed E-state index contributed by atoms with van der Waals surface area (Å²) in [6.45, 7) is 0.501. The number of hydrogen-bond acceptors (Lipinski definition) is 4. The van der Waals surface area contributed by atoms with Crippen molar-refractivity contribution >= 4 is 5.71 Å². The van der Waals surface area contributed by atoms with Crippen molar-refractivity contribution < 1.29 is 0 Å². The Bertz CT molecular complexity index is 789. The van der Waals surface area contributed by atoms with Crippen LogP contribution in [0.3, 0.4) is 0 Å². The number of para-hydroxylation sites is 1. The summed E-state index contributed by atoms with van der Waals surface area (Å²) in [6, 6.07) is 14.0. The highest BCUT2D eigenvalue weighted by atomic mass is 15.3. The minimum atomic E-state index is 0.501. The summed E-state index contributed by atoms with van der Waals surface area (Å²) in [7, 11) is 0. The molecular formula is C15H11N5. The normalized spacial score (nSPS) is 13.1. The van der Waals surface area contributed by atoms with Crippen molar-refractivity contribution in [2.24, 2.45) is 4.99 Å². The molecule has 0 atom stereocenters. The van der Waals surface area contributed by atoms with E-state index in [1.165, 1.54) is 0 Å². The summed E-state index contributed by atoms with van der Waals surface area (Å²) in [4.78, 5) is 9.09. The molecular weight excluding hydrogens is 250 g/mol. The van der Waals surface area contributed by atoms with Crippen LogP contribution in [0.25, 0.3) is 5.69 Å². The fraction of sp³-hybridized carbons (Fsp3) is 0.0667. The molecule has 0 fully saturated rings. The van der Waals surface area contributed by atoms with E-state index >= 15 is 0 Å². The van der Waals surface area contributed by atoms with Crippen LogP contribution in [-0.2, 0) is 6.54 Å². The highest BCUT2D eigenvalue weighted by Crippen LogP contribution is 2.22. The van der Waals surface area contributed by atoms with Crippen molar-refractivity contribution in [2.45, 2.75) is 6.54 Å². The van der Waals surface area contributed by atoms with Gasteiger partial charge in [0.05, 0.1) is 17.1 Å². The smallest absolute Gasteiger partial charge is 0.159 e. The molecule has 0 bridgehead atoms. The van der Waals surface area contributed by atoms with Crippen LogP contribution in [0.15, 0.2) is 60.0 Å². The summed E-state index contributed by atoms with van der Waals surface area (Å²) < 4.78 is 1.98. The number of aromatic nitrogens is 4. The number of fused-ring (bicyclic) bond motifs is 3. The molecule has 96 valence electrons. The molecule has 0 unspecified atom stereocenters. The van der Waals surface area contributed by atoms with E-state index in [1.54, 1.807) is 12.5 Å². The van der Waals surface area contributed by atoms with Crippen LogP contribution in [0.4, 0.5) is 0 Å². The molecule has 2 aromatic heterocycles. The average Bonchev–Trinajstić information content (AvgIpc) is 2.92. The number of nitrogens with zero attached hydrogens (tertiary/aromatic N) is 5. The van der Waals surface area contributed by atoms with E-state index in [-0.39, 0.29) is 0 Å². The summed E-state index contributed by atoms with van der Waals surface area (Å²) in [5, 5.41) is 8.10.